The molecule has 0 aromatic heterocycles. The summed E-state index contributed by atoms with van der Waals surface area (Å²) in [6.07, 6.45) is 5.88. The Morgan fingerprint density at radius 3 is 3.00 bits per heavy atom. The first-order valence-electron chi connectivity index (χ1n) is 3.97. The van der Waals surface area contributed by atoms with Crippen molar-refractivity contribution in [3.63, 3.8) is 0 Å². The van der Waals surface area contributed by atoms with E-state index in [9.17, 15) is 4.79 Å². The molecule has 0 fully saturated rings. The van der Waals surface area contributed by atoms with Crippen LogP contribution in [-0.2, 0) is 9.53 Å². The molecule has 0 spiro atoms. The maximum Gasteiger partial charge on any atom is 0.306 e. The zero-order valence-electron chi connectivity index (χ0n) is 7.04. The first-order valence-corrected chi connectivity index (χ1v) is 3.97. The van der Waals surface area contributed by atoms with Crippen molar-refractivity contribution in [2.24, 2.45) is 5.92 Å². The topological polar surface area (TPSA) is 26.3 Å². The molecule has 0 N–H and O–H groups in total. The summed E-state index contributed by atoms with van der Waals surface area (Å²) in [4.78, 5) is 10.9. The van der Waals surface area contributed by atoms with Gasteiger partial charge in [-0.05, 0) is 12.3 Å². The van der Waals surface area contributed by atoms with Gasteiger partial charge in [0.05, 0.1) is 13.5 Å². The van der Waals surface area contributed by atoms with Gasteiger partial charge < -0.3 is 4.74 Å². The maximum absolute atomic E-state index is 10.9. The third kappa shape index (κ3) is 2.10. The van der Waals surface area contributed by atoms with E-state index < -0.39 is 0 Å². The summed E-state index contributed by atoms with van der Waals surface area (Å²) in [5, 5.41) is 0. The highest BCUT2D eigenvalue weighted by molar-refractivity contribution is 6.12. The summed E-state index contributed by atoms with van der Waals surface area (Å²) < 4.78 is 4.59. The van der Waals surface area contributed by atoms with Gasteiger partial charge in [0.15, 0.2) is 0 Å². The molecule has 3 heteroatoms. The van der Waals surface area contributed by atoms with Gasteiger partial charge in [-0.1, -0.05) is 18.0 Å². The van der Waals surface area contributed by atoms with Crippen molar-refractivity contribution in [3.8, 4) is 0 Å². The number of carbonyl (C=O) groups excluding carboxylic acids is 1. The lowest BCUT2D eigenvalue weighted by Crippen LogP contribution is -2.10. The first kappa shape index (κ1) is 8.37. The Labute approximate surface area is 68.0 Å². The molecule has 11 heavy (non-hydrogen) atoms. The standard InChI is InChI=1S/C8H13BO2/c1-11-8(10)5-6-3-2-4-7(6)9/h2-3,6-7H,4-5,9H2,1H3. The molecule has 2 unspecified atom stereocenters. The highest BCUT2D eigenvalue weighted by Crippen LogP contribution is 2.30. The second-order valence-electron chi connectivity index (χ2n) is 3.09. The quantitative estimate of drug-likeness (QED) is 0.328. The van der Waals surface area contributed by atoms with Crippen LogP contribution in [0, 0.1) is 5.92 Å². The molecular weight excluding hydrogens is 139 g/mol. The second-order valence-corrected chi connectivity index (χ2v) is 3.09. The second kappa shape index (κ2) is 3.60. The van der Waals surface area contributed by atoms with Crippen molar-refractivity contribution >= 4 is 13.8 Å². The fraction of sp³-hybridized carbons (Fsp3) is 0.625. The molecule has 2 atom stereocenters. The molecule has 0 saturated carbocycles. The minimum Gasteiger partial charge on any atom is -0.469 e. The van der Waals surface area contributed by atoms with Gasteiger partial charge in [0, 0.05) is 0 Å². The predicted molar refractivity (Wildman–Crippen MR) is 46.2 cm³/mol. The molecule has 0 aliphatic heterocycles. The molecule has 0 saturated heterocycles. The van der Waals surface area contributed by atoms with Crippen molar-refractivity contribution in [3.05, 3.63) is 12.2 Å². The van der Waals surface area contributed by atoms with Gasteiger partial charge in [-0.2, -0.15) is 0 Å². The molecule has 1 aliphatic rings. The van der Waals surface area contributed by atoms with Crippen LogP contribution in [0.25, 0.3) is 0 Å². The van der Waals surface area contributed by atoms with Gasteiger partial charge in [0.25, 0.3) is 0 Å². The number of esters is 1. The predicted octanol–water partition coefficient (Wildman–Crippen LogP) is 0.547. The number of methoxy groups -OCH3 is 1. The third-order valence-electron chi connectivity index (χ3n) is 2.25. The molecule has 60 valence electrons. The van der Waals surface area contributed by atoms with E-state index in [1.165, 1.54) is 7.11 Å². The van der Waals surface area contributed by atoms with Crippen molar-refractivity contribution in [2.45, 2.75) is 18.7 Å². The molecule has 0 radical (unpaired) electrons. The summed E-state index contributed by atoms with van der Waals surface area (Å²) in [7, 11) is 3.60. The van der Waals surface area contributed by atoms with Crippen LogP contribution in [0.2, 0.25) is 5.82 Å². The lowest BCUT2D eigenvalue weighted by molar-refractivity contribution is -0.141. The fourth-order valence-corrected chi connectivity index (χ4v) is 1.38. The van der Waals surface area contributed by atoms with Crippen molar-refractivity contribution in [2.75, 3.05) is 7.11 Å². The Balaban J connectivity index is 2.36. The van der Waals surface area contributed by atoms with Crippen LogP contribution >= 0.6 is 0 Å². The number of hydrogen-bond donors (Lipinski definition) is 0. The minimum atomic E-state index is -0.103. The van der Waals surface area contributed by atoms with E-state index in [4.69, 9.17) is 0 Å². The molecule has 0 bridgehead atoms. The number of hydrogen-bond acceptors (Lipinski definition) is 2. The van der Waals surface area contributed by atoms with E-state index in [0.29, 0.717) is 18.2 Å². The summed E-state index contributed by atoms with van der Waals surface area (Å²) in [5.41, 5.74) is 0. The molecule has 1 aliphatic carbocycles. The smallest absolute Gasteiger partial charge is 0.306 e. The van der Waals surface area contributed by atoms with Crippen molar-refractivity contribution < 1.29 is 9.53 Å². The van der Waals surface area contributed by atoms with Gasteiger partial charge >= 0.3 is 5.97 Å². The Kier molecular flexibility index (Phi) is 2.74. The molecule has 0 aromatic carbocycles. The van der Waals surface area contributed by atoms with Gasteiger partial charge in [0.2, 0.25) is 0 Å². The lowest BCUT2D eigenvalue weighted by atomic mass is 9.77. The van der Waals surface area contributed by atoms with Gasteiger partial charge in [-0.3, -0.25) is 4.79 Å². The largest absolute Gasteiger partial charge is 0.469 e. The van der Waals surface area contributed by atoms with Crippen LogP contribution in [0.1, 0.15) is 12.8 Å². The average molecular weight is 152 g/mol. The van der Waals surface area contributed by atoms with E-state index in [1.807, 2.05) is 0 Å². The molecular formula is C8H13BO2. The summed E-state index contributed by atoms with van der Waals surface area (Å²) in [6, 6.07) is 0. The van der Waals surface area contributed by atoms with E-state index in [0.717, 1.165) is 6.42 Å². The molecule has 0 aromatic rings. The van der Waals surface area contributed by atoms with Crippen molar-refractivity contribution in [1.82, 2.24) is 0 Å². The third-order valence-corrected chi connectivity index (χ3v) is 2.25. The zero-order chi connectivity index (χ0) is 8.27. The van der Waals surface area contributed by atoms with Crippen molar-refractivity contribution in [1.29, 1.82) is 0 Å². The maximum atomic E-state index is 10.9. The van der Waals surface area contributed by atoms with E-state index in [1.54, 1.807) is 0 Å². The molecule has 0 amide bonds. The monoisotopic (exact) mass is 152 g/mol. The lowest BCUT2D eigenvalue weighted by Gasteiger charge is -2.11. The van der Waals surface area contributed by atoms with Gasteiger partial charge in [0.1, 0.15) is 7.85 Å². The summed E-state index contributed by atoms with van der Waals surface area (Å²) >= 11 is 0. The van der Waals surface area contributed by atoms with Crippen LogP contribution < -0.4 is 0 Å². The number of carbonyl (C=O) groups is 1. The Morgan fingerprint density at radius 1 is 1.82 bits per heavy atom. The Bertz CT molecular complexity index is 177. The van der Waals surface area contributed by atoms with E-state index >= 15 is 0 Å². The molecule has 1 rings (SSSR count). The number of allylic oxidation sites excluding steroid dienone is 2. The summed E-state index contributed by atoms with van der Waals surface area (Å²) in [5.74, 6) is 0.907. The minimum absolute atomic E-state index is 0.103. The normalized spacial score (nSPS) is 28.8. The summed E-state index contributed by atoms with van der Waals surface area (Å²) in [6.45, 7) is 0. The van der Waals surface area contributed by atoms with Crippen LogP contribution in [-0.4, -0.2) is 20.9 Å². The van der Waals surface area contributed by atoms with E-state index in [2.05, 4.69) is 24.7 Å². The van der Waals surface area contributed by atoms with Crippen LogP contribution in [0.5, 0.6) is 0 Å². The van der Waals surface area contributed by atoms with Crippen LogP contribution in [0.15, 0.2) is 12.2 Å². The molecule has 2 nitrogen and oxygen atoms in total. The zero-order valence-corrected chi connectivity index (χ0v) is 7.04. The Hall–Kier alpha value is -0.725. The average Bonchev–Trinajstić information content (AvgIpc) is 2.37. The molecule has 0 heterocycles. The van der Waals surface area contributed by atoms with Crippen LogP contribution in [0.4, 0.5) is 0 Å². The fourth-order valence-electron chi connectivity index (χ4n) is 1.38. The number of rotatable bonds is 2. The SMILES string of the molecule is BC1CC=CC1CC(=O)OC. The van der Waals surface area contributed by atoms with Gasteiger partial charge in [-0.25, -0.2) is 0 Å². The number of ether oxygens (including phenoxy) is 1. The highest BCUT2D eigenvalue weighted by atomic mass is 16.5. The van der Waals surface area contributed by atoms with Crippen LogP contribution in [0.3, 0.4) is 0 Å². The van der Waals surface area contributed by atoms with E-state index in [-0.39, 0.29) is 5.97 Å². The van der Waals surface area contributed by atoms with Gasteiger partial charge in [-0.15, -0.1) is 0 Å². The Morgan fingerprint density at radius 2 is 2.55 bits per heavy atom. The first-order chi connectivity index (χ1) is 5.24. The highest BCUT2D eigenvalue weighted by Gasteiger charge is 2.20.